The first-order valence-corrected chi connectivity index (χ1v) is 9.87. The van der Waals surface area contributed by atoms with Crippen LogP contribution in [-0.2, 0) is 0 Å². The number of benzene rings is 3. The molecule has 1 amide bonds. The van der Waals surface area contributed by atoms with Crippen molar-refractivity contribution >= 4 is 51.4 Å². The number of pyridine rings is 1. The van der Waals surface area contributed by atoms with Gasteiger partial charge in [-0.25, -0.2) is 4.98 Å². The summed E-state index contributed by atoms with van der Waals surface area (Å²) in [6, 6.07) is 24.4. The van der Waals surface area contributed by atoms with Crippen molar-refractivity contribution in [3.05, 3.63) is 100 Å². The topological polar surface area (TPSA) is 45.2 Å². The molecule has 6 heteroatoms. The zero-order valence-corrected chi connectivity index (χ0v) is 16.7. The van der Waals surface area contributed by atoms with Crippen LogP contribution in [0.2, 0.25) is 10.2 Å². The maximum Gasteiger partial charge on any atom is 0.262 e. The van der Waals surface area contributed by atoms with Gasteiger partial charge in [0, 0.05) is 27.3 Å². The Balaban J connectivity index is 1.71. The van der Waals surface area contributed by atoms with Crippen LogP contribution in [0.15, 0.2) is 78.9 Å². The molecule has 0 bridgehead atoms. The van der Waals surface area contributed by atoms with E-state index in [9.17, 15) is 4.79 Å². The van der Waals surface area contributed by atoms with Crippen LogP contribution in [0.5, 0.6) is 0 Å². The lowest BCUT2D eigenvalue weighted by Crippen LogP contribution is -2.43. The van der Waals surface area contributed by atoms with Crippen LogP contribution in [0.3, 0.4) is 0 Å². The van der Waals surface area contributed by atoms with Crippen molar-refractivity contribution in [2.45, 2.75) is 6.17 Å². The number of hydrogen-bond acceptors (Lipinski definition) is 3. The minimum Gasteiger partial charge on any atom is -0.360 e. The number of para-hydroxylation sites is 2. The van der Waals surface area contributed by atoms with Crippen LogP contribution in [0, 0.1) is 0 Å². The molecule has 3 aromatic carbocycles. The lowest BCUT2D eigenvalue weighted by molar-refractivity contribution is 0.0975. The van der Waals surface area contributed by atoms with Crippen LogP contribution < -0.4 is 10.2 Å². The van der Waals surface area contributed by atoms with Gasteiger partial charge in [0.05, 0.1) is 11.1 Å². The predicted molar refractivity (Wildman–Crippen MR) is 118 cm³/mol. The molecule has 0 unspecified atom stereocenters. The highest BCUT2D eigenvalue weighted by Crippen LogP contribution is 2.39. The molecule has 2 heterocycles. The molecule has 29 heavy (non-hydrogen) atoms. The maximum absolute atomic E-state index is 13.5. The van der Waals surface area contributed by atoms with E-state index < -0.39 is 6.17 Å². The molecular weight excluding hydrogens is 405 g/mol. The summed E-state index contributed by atoms with van der Waals surface area (Å²) in [5.74, 6) is -0.115. The predicted octanol–water partition coefficient (Wildman–Crippen LogP) is 6.31. The molecule has 0 radical (unpaired) electrons. The number of nitrogens with zero attached hydrogens (tertiary/aromatic N) is 2. The van der Waals surface area contributed by atoms with Crippen LogP contribution in [0.4, 0.5) is 11.4 Å². The number of nitrogens with one attached hydrogen (secondary N) is 1. The molecule has 4 nitrogen and oxygen atoms in total. The Labute approximate surface area is 177 Å². The Morgan fingerprint density at radius 2 is 1.62 bits per heavy atom. The molecule has 5 rings (SSSR count). The first-order valence-electron chi connectivity index (χ1n) is 9.12. The summed E-state index contributed by atoms with van der Waals surface area (Å²) in [6.07, 6.45) is -0.511. The molecule has 0 fully saturated rings. The summed E-state index contributed by atoms with van der Waals surface area (Å²) in [5, 5.41) is 5.37. The van der Waals surface area contributed by atoms with Crippen LogP contribution in [-0.4, -0.2) is 10.9 Å². The molecule has 142 valence electrons. The SMILES string of the molecule is O=C1c2ccccc2N[C@H](c2cc3ccccc3nc2Cl)N1c1ccc(Cl)cc1. The summed E-state index contributed by atoms with van der Waals surface area (Å²) in [6.45, 7) is 0. The third-order valence-electron chi connectivity index (χ3n) is 5.03. The van der Waals surface area contributed by atoms with Crippen molar-refractivity contribution in [2.75, 3.05) is 10.2 Å². The van der Waals surface area contributed by atoms with E-state index in [0.717, 1.165) is 27.8 Å². The van der Waals surface area contributed by atoms with Gasteiger partial charge in [-0.3, -0.25) is 9.69 Å². The monoisotopic (exact) mass is 419 g/mol. The van der Waals surface area contributed by atoms with E-state index in [4.69, 9.17) is 23.2 Å². The van der Waals surface area contributed by atoms with Gasteiger partial charge in [0.25, 0.3) is 5.91 Å². The fourth-order valence-electron chi connectivity index (χ4n) is 3.64. The molecule has 0 spiro atoms. The molecule has 0 saturated heterocycles. The average Bonchev–Trinajstić information content (AvgIpc) is 2.74. The molecule has 1 atom stereocenters. The summed E-state index contributed by atoms with van der Waals surface area (Å²) in [4.78, 5) is 19.7. The molecule has 1 aliphatic rings. The number of rotatable bonds is 2. The van der Waals surface area contributed by atoms with E-state index >= 15 is 0 Å². The average molecular weight is 420 g/mol. The number of amides is 1. The molecule has 4 aromatic rings. The Morgan fingerprint density at radius 3 is 2.45 bits per heavy atom. The number of hydrogen-bond donors (Lipinski definition) is 1. The van der Waals surface area contributed by atoms with E-state index in [1.165, 1.54) is 0 Å². The summed E-state index contributed by atoms with van der Waals surface area (Å²) in [5.41, 5.74) is 3.61. The Hall–Kier alpha value is -3.08. The summed E-state index contributed by atoms with van der Waals surface area (Å²) in [7, 11) is 0. The zero-order chi connectivity index (χ0) is 20.0. The van der Waals surface area contributed by atoms with Crippen LogP contribution in [0.1, 0.15) is 22.1 Å². The summed E-state index contributed by atoms with van der Waals surface area (Å²) < 4.78 is 0. The van der Waals surface area contributed by atoms with Gasteiger partial charge >= 0.3 is 0 Å². The minimum absolute atomic E-state index is 0.115. The summed E-state index contributed by atoms with van der Waals surface area (Å²) >= 11 is 12.6. The molecular formula is C23H15Cl2N3O. The van der Waals surface area contributed by atoms with Gasteiger partial charge in [0.2, 0.25) is 0 Å². The highest BCUT2D eigenvalue weighted by Gasteiger charge is 2.35. The molecule has 1 N–H and O–H groups in total. The van der Waals surface area contributed by atoms with Gasteiger partial charge in [0.1, 0.15) is 11.3 Å². The van der Waals surface area contributed by atoms with Crippen LogP contribution >= 0.6 is 23.2 Å². The van der Waals surface area contributed by atoms with Crippen molar-refractivity contribution in [1.82, 2.24) is 4.98 Å². The number of aromatic nitrogens is 1. The fraction of sp³-hybridized carbons (Fsp3) is 0.0435. The minimum atomic E-state index is -0.511. The largest absolute Gasteiger partial charge is 0.360 e. The van der Waals surface area contributed by atoms with E-state index in [0.29, 0.717) is 15.7 Å². The van der Waals surface area contributed by atoms with Gasteiger partial charge in [-0.1, -0.05) is 53.5 Å². The number of carbonyl (C=O) groups is 1. The van der Waals surface area contributed by atoms with Gasteiger partial charge in [0.15, 0.2) is 0 Å². The lowest BCUT2D eigenvalue weighted by atomic mass is 10.0. The third-order valence-corrected chi connectivity index (χ3v) is 5.59. The van der Waals surface area contributed by atoms with Gasteiger partial charge < -0.3 is 5.32 Å². The molecule has 0 aliphatic carbocycles. The highest BCUT2D eigenvalue weighted by atomic mass is 35.5. The zero-order valence-electron chi connectivity index (χ0n) is 15.1. The first-order chi connectivity index (χ1) is 14.1. The third kappa shape index (κ3) is 3.11. The normalized spacial score (nSPS) is 15.9. The van der Waals surface area contributed by atoms with Crippen LogP contribution in [0.25, 0.3) is 10.9 Å². The van der Waals surface area contributed by atoms with E-state index in [2.05, 4.69) is 10.3 Å². The second-order valence-electron chi connectivity index (χ2n) is 6.81. The second-order valence-corrected chi connectivity index (χ2v) is 7.60. The second kappa shape index (κ2) is 7.07. The van der Waals surface area contributed by atoms with Crippen molar-refractivity contribution in [3.8, 4) is 0 Å². The highest BCUT2D eigenvalue weighted by molar-refractivity contribution is 6.31. The van der Waals surface area contributed by atoms with Crippen molar-refractivity contribution < 1.29 is 4.79 Å². The van der Waals surface area contributed by atoms with E-state index in [1.807, 2.05) is 66.7 Å². The van der Waals surface area contributed by atoms with Gasteiger partial charge in [-0.05, 0) is 48.5 Å². The quantitative estimate of drug-likeness (QED) is 0.387. The van der Waals surface area contributed by atoms with Crippen molar-refractivity contribution in [1.29, 1.82) is 0 Å². The van der Waals surface area contributed by atoms with E-state index in [-0.39, 0.29) is 5.91 Å². The van der Waals surface area contributed by atoms with Crippen molar-refractivity contribution in [3.63, 3.8) is 0 Å². The number of halogens is 2. The Kier molecular flexibility index (Phi) is 4.38. The Bertz CT molecular complexity index is 1240. The fourth-order valence-corrected chi connectivity index (χ4v) is 4.01. The van der Waals surface area contributed by atoms with Crippen molar-refractivity contribution in [2.24, 2.45) is 0 Å². The number of fused-ring (bicyclic) bond motifs is 2. The lowest BCUT2D eigenvalue weighted by Gasteiger charge is -2.38. The molecule has 1 aliphatic heterocycles. The van der Waals surface area contributed by atoms with Gasteiger partial charge in [-0.2, -0.15) is 0 Å². The number of carbonyl (C=O) groups excluding carboxylic acids is 1. The maximum atomic E-state index is 13.5. The van der Waals surface area contributed by atoms with Gasteiger partial charge in [-0.15, -0.1) is 0 Å². The molecule has 0 saturated carbocycles. The number of anilines is 2. The standard InChI is InChI=1S/C23H15Cl2N3O/c24-15-9-11-16(12-10-15)28-22(27-20-8-4-2-6-17(20)23(28)29)18-13-14-5-1-3-7-19(14)26-21(18)25/h1-13,22,27H/t22-/m0/s1. The molecule has 1 aromatic heterocycles. The Morgan fingerprint density at radius 1 is 0.897 bits per heavy atom. The van der Waals surface area contributed by atoms with E-state index in [1.54, 1.807) is 17.0 Å². The smallest absolute Gasteiger partial charge is 0.262 e. The first kappa shape index (κ1) is 18.0.